The van der Waals surface area contributed by atoms with Gasteiger partial charge in [0.05, 0.1) is 12.2 Å². The van der Waals surface area contributed by atoms with Crippen molar-refractivity contribution in [2.45, 2.75) is 59.2 Å². The van der Waals surface area contributed by atoms with E-state index in [1.54, 1.807) is 0 Å². The maximum absolute atomic E-state index is 6.00. The van der Waals surface area contributed by atoms with Crippen molar-refractivity contribution >= 4 is 0 Å². The minimum Gasteiger partial charge on any atom is -0.492 e. The molecule has 0 amide bonds. The SMILES string of the molecule is Cc1cc(C(C)(C)C)ccc1OCCN1C[C@@H](C)O[C@@H](C)C1. The molecule has 1 aromatic carbocycles. The fourth-order valence-corrected chi connectivity index (χ4v) is 3.03. The topological polar surface area (TPSA) is 21.7 Å². The molecule has 0 radical (unpaired) electrons. The van der Waals surface area contributed by atoms with Crippen LogP contribution in [0.15, 0.2) is 18.2 Å². The zero-order valence-electron chi connectivity index (χ0n) is 15.0. The summed E-state index contributed by atoms with van der Waals surface area (Å²) in [5.41, 5.74) is 2.76. The first-order valence-electron chi connectivity index (χ1n) is 8.37. The second-order valence-corrected chi connectivity index (χ2v) is 7.60. The van der Waals surface area contributed by atoms with E-state index in [4.69, 9.17) is 9.47 Å². The lowest BCUT2D eigenvalue weighted by Gasteiger charge is -2.35. The van der Waals surface area contributed by atoms with Crippen LogP contribution >= 0.6 is 0 Å². The van der Waals surface area contributed by atoms with Crippen LogP contribution in [0.25, 0.3) is 0 Å². The maximum atomic E-state index is 6.00. The molecule has 1 saturated heterocycles. The van der Waals surface area contributed by atoms with Crippen molar-refractivity contribution in [3.05, 3.63) is 29.3 Å². The van der Waals surface area contributed by atoms with E-state index in [2.05, 4.69) is 64.6 Å². The van der Waals surface area contributed by atoms with Gasteiger partial charge in [0.15, 0.2) is 0 Å². The van der Waals surface area contributed by atoms with E-state index in [9.17, 15) is 0 Å². The largest absolute Gasteiger partial charge is 0.492 e. The first kappa shape index (κ1) is 17.3. The summed E-state index contributed by atoms with van der Waals surface area (Å²) >= 11 is 0. The summed E-state index contributed by atoms with van der Waals surface area (Å²) in [6, 6.07) is 6.54. The Labute approximate surface area is 135 Å². The molecule has 1 aliphatic rings. The zero-order chi connectivity index (χ0) is 16.3. The summed E-state index contributed by atoms with van der Waals surface area (Å²) in [5.74, 6) is 1.00. The smallest absolute Gasteiger partial charge is 0.122 e. The van der Waals surface area contributed by atoms with Gasteiger partial charge < -0.3 is 9.47 Å². The van der Waals surface area contributed by atoms with Crippen LogP contribution < -0.4 is 4.74 Å². The van der Waals surface area contributed by atoms with Crippen molar-refractivity contribution in [2.24, 2.45) is 0 Å². The van der Waals surface area contributed by atoms with Gasteiger partial charge in [-0.25, -0.2) is 0 Å². The third-order valence-electron chi connectivity index (χ3n) is 4.20. The van der Waals surface area contributed by atoms with Gasteiger partial charge in [0, 0.05) is 19.6 Å². The van der Waals surface area contributed by atoms with E-state index in [-0.39, 0.29) is 5.41 Å². The van der Waals surface area contributed by atoms with Gasteiger partial charge in [0.2, 0.25) is 0 Å². The molecular weight excluding hydrogens is 274 g/mol. The first-order chi connectivity index (χ1) is 10.3. The molecule has 0 bridgehead atoms. The van der Waals surface area contributed by atoms with Crippen LogP contribution in [-0.4, -0.2) is 43.3 Å². The van der Waals surface area contributed by atoms with Crippen molar-refractivity contribution < 1.29 is 9.47 Å². The van der Waals surface area contributed by atoms with E-state index in [1.807, 2.05) is 0 Å². The second-order valence-electron chi connectivity index (χ2n) is 7.60. The van der Waals surface area contributed by atoms with Crippen molar-refractivity contribution in [3.8, 4) is 5.75 Å². The van der Waals surface area contributed by atoms with E-state index < -0.39 is 0 Å². The van der Waals surface area contributed by atoms with Gasteiger partial charge in [-0.1, -0.05) is 32.9 Å². The highest BCUT2D eigenvalue weighted by Crippen LogP contribution is 2.27. The normalized spacial score (nSPS) is 23.5. The number of hydrogen-bond acceptors (Lipinski definition) is 3. The highest BCUT2D eigenvalue weighted by atomic mass is 16.5. The molecule has 1 fully saturated rings. The molecule has 1 heterocycles. The fourth-order valence-electron chi connectivity index (χ4n) is 3.03. The second kappa shape index (κ2) is 7.01. The molecule has 124 valence electrons. The predicted molar refractivity (Wildman–Crippen MR) is 91.8 cm³/mol. The third-order valence-corrected chi connectivity index (χ3v) is 4.20. The van der Waals surface area contributed by atoms with Crippen molar-refractivity contribution in [1.82, 2.24) is 4.90 Å². The van der Waals surface area contributed by atoms with Crippen LogP contribution in [0.5, 0.6) is 5.75 Å². The van der Waals surface area contributed by atoms with Gasteiger partial charge in [-0.3, -0.25) is 4.90 Å². The number of rotatable bonds is 4. The van der Waals surface area contributed by atoms with Crippen LogP contribution in [0.1, 0.15) is 45.7 Å². The molecule has 0 spiro atoms. The molecule has 0 aromatic heterocycles. The van der Waals surface area contributed by atoms with Crippen LogP contribution in [-0.2, 0) is 10.2 Å². The lowest BCUT2D eigenvalue weighted by molar-refractivity contribution is -0.0699. The fraction of sp³-hybridized carbons (Fsp3) is 0.684. The Hall–Kier alpha value is -1.06. The Morgan fingerprint density at radius 2 is 1.82 bits per heavy atom. The number of nitrogens with zero attached hydrogens (tertiary/aromatic N) is 1. The average Bonchev–Trinajstić information content (AvgIpc) is 2.38. The average molecular weight is 305 g/mol. The van der Waals surface area contributed by atoms with Gasteiger partial charge >= 0.3 is 0 Å². The molecule has 22 heavy (non-hydrogen) atoms. The van der Waals surface area contributed by atoms with Crippen molar-refractivity contribution in [2.75, 3.05) is 26.2 Å². The monoisotopic (exact) mass is 305 g/mol. The van der Waals surface area contributed by atoms with Crippen LogP contribution in [0.2, 0.25) is 0 Å². The van der Waals surface area contributed by atoms with Gasteiger partial charge in [-0.05, 0) is 43.4 Å². The summed E-state index contributed by atoms with van der Waals surface area (Å²) < 4.78 is 11.8. The molecule has 3 heteroatoms. The minimum absolute atomic E-state index is 0.184. The highest BCUT2D eigenvalue weighted by Gasteiger charge is 2.21. The zero-order valence-corrected chi connectivity index (χ0v) is 15.0. The Bertz CT molecular complexity index is 483. The summed E-state index contributed by atoms with van der Waals surface area (Å²) in [6.45, 7) is 16.8. The lowest BCUT2D eigenvalue weighted by atomic mass is 9.86. The Kier molecular flexibility index (Phi) is 5.51. The number of morpholine rings is 1. The minimum atomic E-state index is 0.184. The number of aryl methyl sites for hydroxylation is 1. The highest BCUT2D eigenvalue weighted by molar-refractivity contribution is 5.38. The molecule has 1 aliphatic heterocycles. The van der Waals surface area contributed by atoms with E-state index in [0.717, 1.165) is 32.0 Å². The van der Waals surface area contributed by atoms with Gasteiger partial charge in [0.25, 0.3) is 0 Å². The van der Waals surface area contributed by atoms with Crippen molar-refractivity contribution in [1.29, 1.82) is 0 Å². The first-order valence-corrected chi connectivity index (χ1v) is 8.37. The summed E-state index contributed by atoms with van der Waals surface area (Å²) in [6.07, 6.45) is 0.633. The molecule has 0 unspecified atom stereocenters. The van der Waals surface area contributed by atoms with E-state index >= 15 is 0 Å². The maximum Gasteiger partial charge on any atom is 0.122 e. The Balaban J connectivity index is 1.87. The molecular formula is C19H31NO2. The lowest BCUT2D eigenvalue weighted by Crippen LogP contribution is -2.46. The molecule has 0 N–H and O–H groups in total. The molecule has 0 aliphatic carbocycles. The van der Waals surface area contributed by atoms with Gasteiger partial charge in [-0.2, -0.15) is 0 Å². The van der Waals surface area contributed by atoms with E-state index in [0.29, 0.717) is 12.2 Å². The quantitative estimate of drug-likeness (QED) is 0.845. The Morgan fingerprint density at radius 3 is 2.36 bits per heavy atom. The third kappa shape index (κ3) is 4.72. The molecule has 2 atom stereocenters. The van der Waals surface area contributed by atoms with Crippen LogP contribution in [0.4, 0.5) is 0 Å². The molecule has 2 rings (SSSR count). The summed E-state index contributed by atoms with van der Waals surface area (Å²) in [4.78, 5) is 2.43. The standard InChI is InChI=1S/C19H31NO2/c1-14-11-17(19(4,5)6)7-8-18(14)21-10-9-20-12-15(2)22-16(3)13-20/h7-8,11,15-16H,9-10,12-13H2,1-6H3/t15-,16+. The van der Waals surface area contributed by atoms with Crippen LogP contribution in [0.3, 0.4) is 0 Å². The molecule has 3 nitrogen and oxygen atoms in total. The number of benzene rings is 1. The summed E-state index contributed by atoms with van der Waals surface area (Å²) in [7, 11) is 0. The predicted octanol–water partition coefficient (Wildman–Crippen LogP) is 3.78. The molecule has 1 aromatic rings. The van der Waals surface area contributed by atoms with E-state index in [1.165, 1.54) is 11.1 Å². The van der Waals surface area contributed by atoms with Gasteiger partial charge in [0.1, 0.15) is 12.4 Å². The summed E-state index contributed by atoms with van der Waals surface area (Å²) in [5, 5.41) is 0. The Morgan fingerprint density at radius 1 is 1.18 bits per heavy atom. The number of hydrogen-bond donors (Lipinski definition) is 0. The number of ether oxygens (including phenoxy) is 2. The van der Waals surface area contributed by atoms with Gasteiger partial charge in [-0.15, -0.1) is 0 Å². The molecule has 0 saturated carbocycles. The van der Waals surface area contributed by atoms with Crippen LogP contribution in [0, 0.1) is 6.92 Å². The van der Waals surface area contributed by atoms with Crippen molar-refractivity contribution in [3.63, 3.8) is 0 Å².